The summed E-state index contributed by atoms with van der Waals surface area (Å²) in [5.74, 6) is 0.831. The highest BCUT2D eigenvalue weighted by atomic mass is 32.1. The van der Waals surface area contributed by atoms with Crippen LogP contribution < -0.4 is 5.32 Å². The van der Waals surface area contributed by atoms with Crippen LogP contribution in [-0.4, -0.2) is 18.1 Å². The topological polar surface area (TPSA) is 24.9 Å². The summed E-state index contributed by atoms with van der Waals surface area (Å²) in [6, 6.07) is 6.69. The second-order valence-corrected chi connectivity index (χ2v) is 6.28. The smallest absolute Gasteiger partial charge is 0.0941 e. The Labute approximate surface area is 112 Å². The van der Waals surface area contributed by atoms with E-state index in [2.05, 4.69) is 30.4 Å². The molecular formula is C15H20N2S. The van der Waals surface area contributed by atoms with Crippen LogP contribution in [0.1, 0.15) is 30.3 Å². The van der Waals surface area contributed by atoms with Crippen molar-refractivity contribution in [3.63, 3.8) is 0 Å². The summed E-state index contributed by atoms with van der Waals surface area (Å²) in [4.78, 5) is 4.78. The molecule has 1 aliphatic rings. The highest BCUT2D eigenvalue weighted by molar-refractivity contribution is 7.18. The lowest BCUT2D eigenvalue weighted by atomic mass is 9.95. The van der Waals surface area contributed by atoms with Gasteiger partial charge in [-0.1, -0.05) is 13.0 Å². The van der Waals surface area contributed by atoms with E-state index in [4.69, 9.17) is 4.98 Å². The number of aryl methyl sites for hydroxylation is 1. The van der Waals surface area contributed by atoms with Gasteiger partial charge in [0, 0.05) is 6.42 Å². The zero-order valence-corrected chi connectivity index (χ0v) is 11.7. The average molecular weight is 260 g/mol. The lowest BCUT2D eigenvalue weighted by Crippen LogP contribution is -2.28. The Morgan fingerprint density at radius 3 is 2.94 bits per heavy atom. The Morgan fingerprint density at radius 1 is 1.33 bits per heavy atom. The van der Waals surface area contributed by atoms with Gasteiger partial charge in [0.25, 0.3) is 0 Å². The number of rotatable bonds is 3. The van der Waals surface area contributed by atoms with Gasteiger partial charge in [-0.15, -0.1) is 11.3 Å². The Kier molecular flexibility index (Phi) is 3.62. The molecule has 1 aromatic carbocycles. The molecule has 0 unspecified atom stereocenters. The van der Waals surface area contributed by atoms with Crippen molar-refractivity contribution in [3.8, 4) is 0 Å². The molecule has 3 heteroatoms. The van der Waals surface area contributed by atoms with Gasteiger partial charge in [0.05, 0.1) is 15.2 Å². The van der Waals surface area contributed by atoms with Gasteiger partial charge in [-0.3, -0.25) is 0 Å². The van der Waals surface area contributed by atoms with Gasteiger partial charge in [-0.05, 0) is 56.0 Å². The first-order chi connectivity index (χ1) is 8.85. The molecule has 0 saturated carbocycles. The van der Waals surface area contributed by atoms with Crippen molar-refractivity contribution in [2.24, 2.45) is 5.92 Å². The van der Waals surface area contributed by atoms with Crippen molar-refractivity contribution >= 4 is 21.6 Å². The molecule has 2 heterocycles. The molecule has 1 N–H and O–H groups in total. The largest absolute Gasteiger partial charge is 0.317 e. The van der Waals surface area contributed by atoms with Gasteiger partial charge in [0.1, 0.15) is 0 Å². The Bertz CT molecular complexity index is 526. The molecule has 0 radical (unpaired) electrons. The van der Waals surface area contributed by atoms with Crippen LogP contribution in [0.3, 0.4) is 0 Å². The van der Waals surface area contributed by atoms with Gasteiger partial charge in [0.2, 0.25) is 0 Å². The molecule has 18 heavy (non-hydrogen) atoms. The Hall–Kier alpha value is -0.930. The molecule has 0 atom stereocenters. The van der Waals surface area contributed by atoms with Crippen LogP contribution in [0.5, 0.6) is 0 Å². The summed E-state index contributed by atoms with van der Waals surface area (Å²) in [7, 11) is 0. The standard InChI is InChI=1S/C15H20N2S/c1-2-11-3-4-13-14(9-11)18-15(17-13)10-12-5-7-16-8-6-12/h3-4,9,12,16H,2,5-8,10H2,1H3. The van der Waals surface area contributed by atoms with E-state index in [0.29, 0.717) is 0 Å². The van der Waals surface area contributed by atoms with Gasteiger partial charge >= 0.3 is 0 Å². The van der Waals surface area contributed by atoms with Gasteiger partial charge in [-0.25, -0.2) is 4.98 Å². The highest BCUT2D eigenvalue weighted by Crippen LogP contribution is 2.27. The van der Waals surface area contributed by atoms with Gasteiger partial charge in [-0.2, -0.15) is 0 Å². The zero-order chi connectivity index (χ0) is 12.4. The number of hydrogen-bond donors (Lipinski definition) is 1. The fourth-order valence-corrected chi connectivity index (χ4v) is 3.80. The Morgan fingerprint density at radius 2 is 2.17 bits per heavy atom. The van der Waals surface area contributed by atoms with Crippen LogP contribution in [0.4, 0.5) is 0 Å². The lowest BCUT2D eigenvalue weighted by Gasteiger charge is -2.21. The molecule has 3 rings (SSSR count). The monoisotopic (exact) mass is 260 g/mol. The van der Waals surface area contributed by atoms with E-state index in [-0.39, 0.29) is 0 Å². The van der Waals surface area contributed by atoms with Crippen molar-refractivity contribution in [2.75, 3.05) is 13.1 Å². The molecule has 1 aromatic heterocycles. The molecule has 2 nitrogen and oxygen atoms in total. The van der Waals surface area contributed by atoms with Crippen LogP contribution in [0.2, 0.25) is 0 Å². The van der Waals surface area contributed by atoms with E-state index < -0.39 is 0 Å². The first-order valence-electron chi connectivity index (χ1n) is 6.94. The summed E-state index contributed by atoms with van der Waals surface area (Å²) in [6.07, 6.45) is 4.88. The van der Waals surface area contributed by atoms with E-state index in [1.54, 1.807) is 0 Å². The second kappa shape index (κ2) is 5.37. The summed E-state index contributed by atoms with van der Waals surface area (Å²) >= 11 is 1.89. The fraction of sp³-hybridized carbons (Fsp3) is 0.533. The number of benzene rings is 1. The number of nitrogens with zero attached hydrogens (tertiary/aromatic N) is 1. The second-order valence-electron chi connectivity index (χ2n) is 5.16. The first kappa shape index (κ1) is 12.1. The normalized spacial score (nSPS) is 17.4. The van der Waals surface area contributed by atoms with Crippen LogP contribution in [-0.2, 0) is 12.8 Å². The van der Waals surface area contributed by atoms with Crippen molar-refractivity contribution in [3.05, 3.63) is 28.8 Å². The molecule has 1 fully saturated rings. The van der Waals surface area contributed by atoms with Crippen LogP contribution >= 0.6 is 11.3 Å². The summed E-state index contributed by atoms with van der Waals surface area (Å²) in [5, 5.41) is 4.75. The average Bonchev–Trinajstić information content (AvgIpc) is 2.80. The third-order valence-electron chi connectivity index (χ3n) is 3.83. The number of thiazole rings is 1. The Balaban J connectivity index is 1.79. The van der Waals surface area contributed by atoms with Gasteiger partial charge in [0.15, 0.2) is 0 Å². The number of fused-ring (bicyclic) bond motifs is 1. The van der Waals surface area contributed by atoms with E-state index in [9.17, 15) is 0 Å². The van der Waals surface area contributed by atoms with Crippen LogP contribution in [0.25, 0.3) is 10.2 Å². The molecule has 2 aromatic rings. The SMILES string of the molecule is CCc1ccc2nc(CC3CCNCC3)sc2c1. The molecule has 1 saturated heterocycles. The van der Waals surface area contributed by atoms with Crippen molar-refractivity contribution in [2.45, 2.75) is 32.6 Å². The summed E-state index contributed by atoms with van der Waals surface area (Å²) in [5.41, 5.74) is 2.60. The van der Waals surface area contributed by atoms with E-state index in [1.165, 1.54) is 53.1 Å². The maximum atomic E-state index is 4.78. The molecule has 0 bridgehead atoms. The summed E-state index contributed by atoms with van der Waals surface area (Å²) in [6.45, 7) is 4.56. The summed E-state index contributed by atoms with van der Waals surface area (Å²) < 4.78 is 1.36. The fourth-order valence-electron chi connectivity index (χ4n) is 2.66. The quantitative estimate of drug-likeness (QED) is 0.915. The molecule has 0 amide bonds. The number of nitrogens with one attached hydrogen (secondary N) is 1. The van der Waals surface area contributed by atoms with Crippen LogP contribution in [0, 0.1) is 5.92 Å². The van der Waals surface area contributed by atoms with Gasteiger partial charge < -0.3 is 5.32 Å². The first-order valence-corrected chi connectivity index (χ1v) is 7.76. The minimum absolute atomic E-state index is 0.831. The van der Waals surface area contributed by atoms with E-state index >= 15 is 0 Å². The molecule has 96 valence electrons. The van der Waals surface area contributed by atoms with Crippen molar-refractivity contribution < 1.29 is 0 Å². The van der Waals surface area contributed by atoms with Crippen molar-refractivity contribution in [1.82, 2.24) is 10.3 Å². The molecule has 1 aliphatic heterocycles. The maximum Gasteiger partial charge on any atom is 0.0941 e. The molecular weight excluding hydrogens is 240 g/mol. The minimum Gasteiger partial charge on any atom is -0.317 e. The predicted octanol–water partition coefficient (Wildman–Crippen LogP) is 3.40. The van der Waals surface area contributed by atoms with E-state index in [1.807, 2.05) is 11.3 Å². The third kappa shape index (κ3) is 2.57. The molecule has 0 aliphatic carbocycles. The van der Waals surface area contributed by atoms with Crippen molar-refractivity contribution in [1.29, 1.82) is 0 Å². The number of aromatic nitrogens is 1. The maximum absolute atomic E-state index is 4.78. The minimum atomic E-state index is 0.831. The number of piperidine rings is 1. The lowest BCUT2D eigenvalue weighted by molar-refractivity contribution is 0.372. The third-order valence-corrected chi connectivity index (χ3v) is 4.87. The van der Waals surface area contributed by atoms with Crippen LogP contribution in [0.15, 0.2) is 18.2 Å². The van der Waals surface area contributed by atoms with E-state index in [0.717, 1.165) is 12.3 Å². The number of hydrogen-bond acceptors (Lipinski definition) is 3. The zero-order valence-electron chi connectivity index (χ0n) is 10.9. The predicted molar refractivity (Wildman–Crippen MR) is 78.3 cm³/mol. The highest BCUT2D eigenvalue weighted by Gasteiger charge is 2.15. The molecule has 0 spiro atoms.